The van der Waals surface area contributed by atoms with Crippen molar-refractivity contribution < 1.29 is 13.5 Å². The van der Waals surface area contributed by atoms with Crippen LogP contribution in [0.25, 0.3) is 0 Å². The van der Waals surface area contributed by atoms with Crippen molar-refractivity contribution in [1.29, 1.82) is 0 Å². The van der Waals surface area contributed by atoms with E-state index in [9.17, 15) is 8.78 Å². The molecule has 1 aromatic carbocycles. The number of halogens is 2. The molecule has 0 aliphatic carbocycles. The van der Waals surface area contributed by atoms with E-state index in [-0.39, 0.29) is 11.4 Å². The molecule has 5 heteroatoms. The van der Waals surface area contributed by atoms with Gasteiger partial charge in [-0.2, -0.15) is 0 Å². The molecule has 0 bridgehead atoms. The molecular weight excluding hydrogens is 166 g/mol. The molecule has 0 aliphatic heterocycles. The molecule has 0 aliphatic rings. The maximum absolute atomic E-state index is 12.8. The fourth-order valence-corrected chi connectivity index (χ4v) is 0.875. The van der Waals surface area contributed by atoms with Gasteiger partial charge in [-0.3, -0.25) is 5.84 Å². The van der Waals surface area contributed by atoms with Gasteiger partial charge >= 0.3 is 0 Å². The third-order valence-electron chi connectivity index (χ3n) is 1.37. The minimum atomic E-state index is -0.787. The van der Waals surface area contributed by atoms with Crippen LogP contribution in [0.15, 0.2) is 12.1 Å². The van der Waals surface area contributed by atoms with Gasteiger partial charge in [0.25, 0.3) is 0 Å². The van der Waals surface area contributed by atoms with E-state index in [0.717, 1.165) is 12.1 Å². The predicted molar refractivity (Wildman–Crippen MR) is 40.7 cm³/mol. The van der Waals surface area contributed by atoms with Crippen LogP contribution in [0.2, 0.25) is 0 Å². The molecule has 0 aromatic heterocycles. The summed E-state index contributed by atoms with van der Waals surface area (Å²) in [7, 11) is 1.27. The van der Waals surface area contributed by atoms with Crippen molar-refractivity contribution in [3.8, 4) is 5.75 Å². The summed E-state index contributed by atoms with van der Waals surface area (Å²) in [5.74, 6) is 3.41. The highest BCUT2D eigenvalue weighted by Gasteiger charge is 2.10. The first-order valence-electron chi connectivity index (χ1n) is 3.18. The molecule has 0 heterocycles. The van der Waals surface area contributed by atoms with Crippen molar-refractivity contribution in [3.05, 3.63) is 23.8 Å². The van der Waals surface area contributed by atoms with Crippen LogP contribution in [-0.4, -0.2) is 7.11 Å². The maximum Gasteiger partial charge on any atom is 0.179 e. The summed E-state index contributed by atoms with van der Waals surface area (Å²) >= 11 is 0. The number of hydrazine groups is 1. The van der Waals surface area contributed by atoms with E-state index < -0.39 is 11.6 Å². The number of anilines is 1. The van der Waals surface area contributed by atoms with Crippen molar-refractivity contribution in [3.63, 3.8) is 0 Å². The molecule has 0 atom stereocenters. The van der Waals surface area contributed by atoms with E-state index in [2.05, 4.69) is 10.2 Å². The van der Waals surface area contributed by atoms with Crippen LogP contribution in [0.4, 0.5) is 14.5 Å². The quantitative estimate of drug-likeness (QED) is 0.524. The Labute approximate surface area is 68.1 Å². The summed E-state index contributed by atoms with van der Waals surface area (Å²) < 4.78 is 30.0. The Balaban J connectivity index is 3.24. The smallest absolute Gasteiger partial charge is 0.179 e. The molecular formula is C7H8F2N2O. The van der Waals surface area contributed by atoms with Gasteiger partial charge in [-0.25, -0.2) is 8.78 Å². The summed E-state index contributed by atoms with van der Waals surface area (Å²) in [5.41, 5.74) is 2.20. The van der Waals surface area contributed by atoms with Gasteiger partial charge in [0.2, 0.25) is 0 Å². The Bertz CT molecular complexity index is 291. The predicted octanol–water partition coefficient (Wildman–Crippen LogP) is 1.26. The molecule has 0 spiro atoms. The first-order valence-corrected chi connectivity index (χ1v) is 3.18. The molecule has 1 aromatic rings. The molecule has 3 nitrogen and oxygen atoms in total. The van der Waals surface area contributed by atoms with Crippen molar-refractivity contribution in [2.75, 3.05) is 12.5 Å². The summed E-state index contributed by atoms with van der Waals surface area (Å²) in [6, 6.07) is 1.77. The van der Waals surface area contributed by atoms with E-state index >= 15 is 0 Å². The van der Waals surface area contributed by atoms with E-state index in [4.69, 9.17) is 5.84 Å². The minimum absolute atomic E-state index is 0.0787. The number of nitrogen functional groups attached to an aromatic ring is 1. The fraction of sp³-hybridized carbons (Fsp3) is 0.143. The lowest BCUT2D eigenvalue weighted by atomic mass is 10.3. The summed E-state index contributed by atoms with van der Waals surface area (Å²) in [6.07, 6.45) is 0. The Morgan fingerprint density at radius 2 is 2.08 bits per heavy atom. The van der Waals surface area contributed by atoms with E-state index in [1.807, 2.05) is 0 Å². The molecule has 0 unspecified atom stereocenters. The number of hydrogen-bond donors (Lipinski definition) is 2. The number of ether oxygens (including phenoxy) is 1. The Morgan fingerprint density at radius 1 is 1.42 bits per heavy atom. The van der Waals surface area contributed by atoms with E-state index in [1.165, 1.54) is 7.11 Å². The summed E-state index contributed by atoms with van der Waals surface area (Å²) in [5, 5.41) is 0. The van der Waals surface area contributed by atoms with Crippen molar-refractivity contribution in [2.45, 2.75) is 0 Å². The Morgan fingerprint density at radius 3 is 2.58 bits per heavy atom. The number of nitrogens with one attached hydrogen (secondary N) is 1. The van der Waals surface area contributed by atoms with E-state index in [1.54, 1.807) is 0 Å². The van der Waals surface area contributed by atoms with Crippen LogP contribution in [0.3, 0.4) is 0 Å². The van der Waals surface area contributed by atoms with Gasteiger partial charge in [0.15, 0.2) is 11.6 Å². The summed E-state index contributed by atoms with van der Waals surface area (Å²) in [6.45, 7) is 0. The third kappa shape index (κ3) is 1.45. The van der Waals surface area contributed by atoms with Gasteiger partial charge in [-0.15, -0.1) is 0 Å². The van der Waals surface area contributed by atoms with Crippen molar-refractivity contribution >= 4 is 5.69 Å². The van der Waals surface area contributed by atoms with Gasteiger partial charge in [-0.1, -0.05) is 0 Å². The van der Waals surface area contributed by atoms with Crippen LogP contribution in [0.1, 0.15) is 0 Å². The molecule has 0 saturated heterocycles. The molecule has 0 amide bonds. The zero-order valence-electron chi connectivity index (χ0n) is 6.40. The van der Waals surface area contributed by atoms with Crippen LogP contribution >= 0.6 is 0 Å². The molecule has 0 radical (unpaired) electrons. The third-order valence-corrected chi connectivity index (χ3v) is 1.37. The van der Waals surface area contributed by atoms with Crippen LogP contribution in [0, 0.1) is 11.6 Å². The number of methoxy groups -OCH3 is 1. The molecule has 1 rings (SSSR count). The Hall–Kier alpha value is -1.36. The van der Waals surface area contributed by atoms with Gasteiger partial charge in [0.05, 0.1) is 12.8 Å². The molecule has 3 N–H and O–H groups in total. The standard InChI is InChI=1S/C7H8F2N2O/c1-12-7-5(9)2-4(8)3-6(7)11-10/h2-3,11H,10H2,1H3. The molecule has 0 saturated carbocycles. The average molecular weight is 174 g/mol. The SMILES string of the molecule is COc1c(F)cc(F)cc1NN. The average Bonchev–Trinajstić information content (AvgIpc) is 2.03. The summed E-state index contributed by atoms with van der Waals surface area (Å²) in [4.78, 5) is 0. The zero-order valence-corrected chi connectivity index (χ0v) is 6.40. The number of hydrogen-bond acceptors (Lipinski definition) is 3. The largest absolute Gasteiger partial charge is 0.492 e. The highest BCUT2D eigenvalue weighted by Crippen LogP contribution is 2.27. The number of rotatable bonds is 2. The Kier molecular flexibility index (Phi) is 2.44. The minimum Gasteiger partial charge on any atom is -0.492 e. The lowest BCUT2D eigenvalue weighted by Gasteiger charge is -2.07. The highest BCUT2D eigenvalue weighted by atomic mass is 19.1. The normalized spacial score (nSPS) is 9.67. The maximum atomic E-state index is 12.8. The molecule has 66 valence electrons. The first-order chi connectivity index (χ1) is 5.69. The highest BCUT2D eigenvalue weighted by molar-refractivity contribution is 5.56. The fourth-order valence-electron chi connectivity index (χ4n) is 0.875. The molecule has 12 heavy (non-hydrogen) atoms. The second kappa shape index (κ2) is 3.36. The van der Waals surface area contributed by atoms with Gasteiger partial charge in [0, 0.05) is 12.1 Å². The van der Waals surface area contributed by atoms with Gasteiger partial charge in [0.1, 0.15) is 5.82 Å². The number of benzene rings is 1. The lowest BCUT2D eigenvalue weighted by molar-refractivity contribution is 0.386. The monoisotopic (exact) mass is 174 g/mol. The second-order valence-electron chi connectivity index (χ2n) is 2.11. The van der Waals surface area contributed by atoms with Crippen molar-refractivity contribution in [2.24, 2.45) is 5.84 Å². The second-order valence-corrected chi connectivity index (χ2v) is 2.11. The van der Waals surface area contributed by atoms with Crippen molar-refractivity contribution in [1.82, 2.24) is 0 Å². The lowest BCUT2D eigenvalue weighted by Crippen LogP contribution is -2.09. The van der Waals surface area contributed by atoms with Crippen LogP contribution in [0.5, 0.6) is 5.75 Å². The van der Waals surface area contributed by atoms with Gasteiger partial charge < -0.3 is 10.2 Å². The topological polar surface area (TPSA) is 47.3 Å². The van der Waals surface area contributed by atoms with Crippen LogP contribution < -0.4 is 16.0 Å². The van der Waals surface area contributed by atoms with E-state index in [0.29, 0.717) is 0 Å². The molecule has 0 fully saturated rings. The zero-order chi connectivity index (χ0) is 9.14. The number of nitrogens with two attached hydrogens (primary N) is 1. The first kappa shape index (κ1) is 8.73. The van der Waals surface area contributed by atoms with Gasteiger partial charge in [-0.05, 0) is 0 Å². The van der Waals surface area contributed by atoms with Crippen LogP contribution in [-0.2, 0) is 0 Å².